The Bertz CT molecular complexity index is 600. The Morgan fingerprint density at radius 2 is 2.06 bits per heavy atom. The molecule has 0 aliphatic rings. The van der Waals surface area contributed by atoms with Crippen molar-refractivity contribution in [3.05, 3.63) is 52.8 Å². The molecule has 0 saturated carbocycles. The van der Waals surface area contributed by atoms with Crippen LogP contribution in [0, 0.1) is 25.7 Å². The summed E-state index contributed by atoms with van der Waals surface area (Å²) in [4.78, 5) is 0. The minimum atomic E-state index is 0.383. The Morgan fingerprint density at radius 1 is 1.28 bits per heavy atom. The van der Waals surface area contributed by atoms with Gasteiger partial charge < -0.3 is 5.73 Å². The molecule has 2 rings (SSSR count). The van der Waals surface area contributed by atoms with E-state index in [0.717, 1.165) is 23.5 Å². The molecule has 0 aliphatic carbocycles. The van der Waals surface area contributed by atoms with Crippen LogP contribution < -0.4 is 5.73 Å². The molecule has 3 nitrogen and oxygen atoms in total. The van der Waals surface area contributed by atoms with Crippen LogP contribution in [0.2, 0.25) is 0 Å². The second kappa shape index (κ2) is 5.52. The third-order valence-corrected chi connectivity index (χ3v) is 2.77. The molecule has 1 heterocycles. The largest absolute Gasteiger partial charge is 0.320 e. The minimum Gasteiger partial charge on any atom is -0.320 e. The van der Waals surface area contributed by atoms with Gasteiger partial charge in [-0.15, -0.1) is 0 Å². The molecule has 0 aliphatic heterocycles. The van der Waals surface area contributed by atoms with E-state index in [0.29, 0.717) is 6.54 Å². The number of hydrogen-bond donors (Lipinski definition) is 1. The van der Waals surface area contributed by atoms with Crippen molar-refractivity contribution in [2.75, 3.05) is 6.54 Å². The molecular formula is C15H17N3. The molecule has 2 N–H and O–H groups in total. The van der Waals surface area contributed by atoms with Gasteiger partial charge in [0.1, 0.15) is 0 Å². The maximum absolute atomic E-state index is 5.42. The maximum atomic E-state index is 5.42. The van der Waals surface area contributed by atoms with Gasteiger partial charge in [-0.25, -0.2) is 0 Å². The highest BCUT2D eigenvalue weighted by Crippen LogP contribution is 2.11. The first-order chi connectivity index (χ1) is 8.70. The standard InChI is InChI=1S/C15H17N3/c1-12-10-13(2)18(17-12)11-15-7-4-3-6-14(15)8-5-9-16/h3-4,6-7,10H,9,11,16H2,1-2H3. The first-order valence-electron chi connectivity index (χ1n) is 5.98. The van der Waals surface area contributed by atoms with Gasteiger partial charge in [0.05, 0.1) is 18.8 Å². The zero-order valence-corrected chi connectivity index (χ0v) is 10.8. The molecule has 0 spiro atoms. The fraction of sp³-hybridized carbons (Fsp3) is 0.267. The number of nitrogens with two attached hydrogens (primary N) is 1. The minimum absolute atomic E-state index is 0.383. The number of benzene rings is 1. The van der Waals surface area contributed by atoms with E-state index in [1.54, 1.807) is 0 Å². The fourth-order valence-corrected chi connectivity index (χ4v) is 1.92. The zero-order chi connectivity index (χ0) is 13.0. The molecular weight excluding hydrogens is 222 g/mol. The highest BCUT2D eigenvalue weighted by molar-refractivity contribution is 5.41. The monoisotopic (exact) mass is 239 g/mol. The third-order valence-electron chi connectivity index (χ3n) is 2.77. The summed E-state index contributed by atoms with van der Waals surface area (Å²) in [5.74, 6) is 6.00. The summed E-state index contributed by atoms with van der Waals surface area (Å²) in [6.45, 7) is 5.20. The summed E-state index contributed by atoms with van der Waals surface area (Å²) in [5.41, 5.74) is 9.81. The van der Waals surface area contributed by atoms with Gasteiger partial charge in [0.25, 0.3) is 0 Å². The summed E-state index contributed by atoms with van der Waals surface area (Å²) in [5, 5.41) is 4.47. The molecule has 0 unspecified atom stereocenters. The normalized spacial score (nSPS) is 9.94. The van der Waals surface area contributed by atoms with Gasteiger partial charge in [0, 0.05) is 11.3 Å². The summed E-state index contributed by atoms with van der Waals surface area (Å²) < 4.78 is 2.00. The first-order valence-corrected chi connectivity index (χ1v) is 5.98. The molecule has 0 atom stereocenters. The summed E-state index contributed by atoms with van der Waals surface area (Å²) in [7, 11) is 0. The lowest BCUT2D eigenvalue weighted by Gasteiger charge is -2.06. The van der Waals surface area contributed by atoms with Gasteiger partial charge >= 0.3 is 0 Å². The van der Waals surface area contributed by atoms with Crippen LogP contribution in [0.4, 0.5) is 0 Å². The van der Waals surface area contributed by atoms with E-state index in [-0.39, 0.29) is 0 Å². The van der Waals surface area contributed by atoms with Crippen LogP contribution in [0.1, 0.15) is 22.5 Å². The Morgan fingerprint density at radius 3 is 2.72 bits per heavy atom. The Hall–Kier alpha value is -2.05. The van der Waals surface area contributed by atoms with Gasteiger partial charge in [0.2, 0.25) is 0 Å². The van der Waals surface area contributed by atoms with Gasteiger partial charge in [-0.3, -0.25) is 4.68 Å². The predicted molar refractivity (Wildman–Crippen MR) is 73.2 cm³/mol. The van der Waals surface area contributed by atoms with Crippen molar-refractivity contribution < 1.29 is 0 Å². The van der Waals surface area contributed by atoms with Crippen molar-refractivity contribution in [1.29, 1.82) is 0 Å². The summed E-state index contributed by atoms with van der Waals surface area (Å²) >= 11 is 0. The smallest absolute Gasteiger partial charge is 0.0674 e. The van der Waals surface area contributed by atoms with Crippen LogP contribution in [0.5, 0.6) is 0 Å². The van der Waals surface area contributed by atoms with E-state index in [1.165, 1.54) is 5.56 Å². The number of aromatic nitrogens is 2. The zero-order valence-electron chi connectivity index (χ0n) is 10.8. The maximum Gasteiger partial charge on any atom is 0.0674 e. The second-order valence-electron chi connectivity index (χ2n) is 4.25. The fourth-order valence-electron chi connectivity index (χ4n) is 1.92. The molecule has 92 valence electrons. The van der Waals surface area contributed by atoms with Gasteiger partial charge in [-0.1, -0.05) is 30.0 Å². The van der Waals surface area contributed by atoms with Crippen molar-refractivity contribution in [2.45, 2.75) is 20.4 Å². The summed E-state index contributed by atoms with van der Waals surface area (Å²) in [6, 6.07) is 10.2. The van der Waals surface area contributed by atoms with Crippen LogP contribution in [0.15, 0.2) is 30.3 Å². The average molecular weight is 239 g/mol. The lowest BCUT2D eigenvalue weighted by Crippen LogP contribution is -2.05. The van der Waals surface area contributed by atoms with Crippen LogP contribution >= 0.6 is 0 Å². The highest BCUT2D eigenvalue weighted by atomic mass is 15.3. The lowest BCUT2D eigenvalue weighted by atomic mass is 10.1. The molecule has 1 aromatic heterocycles. The van der Waals surface area contributed by atoms with E-state index in [9.17, 15) is 0 Å². The molecule has 18 heavy (non-hydrogen) atoms. The summed E-state index contributed by atoms with van der Waals surface area (Å²) in [6.07, 6.45) is 0. The van der Waals surface area contributed by atoms with Crippen molar-refractivity contribution in [3.8, 4) is 11.8 Å². The molecule has 2 aromatic rings. The van der Waals surface area contributed by atoms with Crippen molar-refractivity contribution in [3.63, 3.8) is 0 Å². The Balaban J connectivity index is 2.31. The average Bonchev–Trinajstić information content (AvgIpc) is 2.67. The van der Waals surface area contributed by atoms with Crippen LogP contribution in [-0.2, 0) is 6.54 Å². The van der Waals surface area contributed by atoms with E-state index in [4.69, 9.17) is 5.73 Å². The SMILES string of the molecule is Cc1cc(C)n(Cc2ccccc2C#CCN)n1. The molecule has 3 heteroatoms. The molecule has 1 aromatic carbocycles. The van der Waals surface area contributed by atoms with Crippen molar-refractivity contribution in [2.24, 2.45) is 5.73 Å². The predicted octanol–water partition coefficient (Wildman–Crippen LogP) is 1.86. The lowest BCUT2D eigenvalue weighted by molar-refractivity contribution is 0.658. The van der Waals surface area contributed by atoms with Gasteiger partial charge in [0.15, 0.2) is 0 Å². The highest BCUT2D eigenvalue weighted by Gasteiger charge is 2.04. The number of rotatable bonds is 2. The number of aryl methyl sites for hydroxylation is 2. The van der Waals surface area contributed by atoms with E-state index >= 15 is 0 Å². The molecule has 0 radical (unpaired) electrons. The number of hydrogen-bond acceptors (Lipinski definition) is 2. The Labute approximate surface area is 108 Å². The van der Waals surface area contributed by atoms with Gasteiger partial charge in [-0.05, 0) is 31.5 Å². The van der Waals surface area contributed by atoms with Crippen molar-refractivity contribution in [1.82, 2.24) is 9.78 Å². The number of nitrogens with zero attached hydrogens (tertiary/aromatic N) is 2. The molecule has 0 bridgehead atoms. The van der Waals surface area contributed by atoms with Crippen LogP contribution in [0.25, 0.3) is 0 Å². The van der Waals surface area contributed by atoms with Gasteiger partial charge in [-0.2, -0.15) is 5.10 Å². The Kier molecular flexibility index (Phi) is 3.81. The van der Waals surface area contributed by atoms with Crippen LogP contribution in [-0.4, -0.2) is 16.3 Å². The quantitative estimate of drug-likeness (QED) is 0.813. The van der Waals surface area contributed by atoms with Crippen LogP contribution in [0.3, 0.4) is 0 Å². The topological polar surface area (TPSA) is 43.8 Å². The second-order valence-corrected chi connectivity index (χ2v) is 4.25. The molecule has 0 saturated heterocycles. The van der Waals surface area contributed by atoms with E-state index < -0.39 is 0 Å². The first kappa shape index (κ1) is 12.4. The third kappa shape index (κ3) is 2.79. The molecule has 0 fully saturated rings. The van der Waals surface area contributed by atoms with E-state index in [1.807, 2.05) is 29.8 Å². The van der Waals surface area contributed by atoms with E-state index in [2.05, 4.69) is 36.0 Å². The molecule has 0 amide bonds. The van der Waals surface area contributed by atoms with Crippen molar-refractivity contribution >= 4 is 0 Å².